The number of alkyl carbamates (subject to hydrolysis) is 1. The third kappa shape index (κ3) is 7.01. The molecule has 0 bridgehead atoms. The fourth-order valence-corrected chi connectivity index (χ4v) is 1.71. The monoisotopic (exact) mass is 333 g/mol. The standard InChI is InChI=1S/C17H23N3O4/c1-12(23-14-8-6-5-7-13(14)11-18)15(21)19-9-10-20-16(22)24-17(2,3)4/h5-8,12H,9-10H2,1-4H3,(H,19,21)(H,20,22)/t12-/m1/s1. The Morgan fingerprint density at radius 2 is 1.83 bits per heavy atom. The van der Waals surface area contributed by atoms with Crippen molar-refractivity contribution in [2.75, 3.05) is 13.1 Å². The van der Waals surface area contributed by atoms with Gasteiger partial charge in [0.1, 0.15) is 17.4 Å². The minimum absolute atomic E-state index is 0.238. The number of nitrogens with one attached hydrogen (secondary N) is 2. The quantitative estimate of drug-likeness (QED) is 0.775. The highest BCUT2D eigenvalue weighted by atomic mass is 16.6. The van der Waals surface area contributed by atoms with Crippen molar-refractivity contribution in [1.82, 2.24) is 10.6 Å². The second kappa shape index (κ2) is 8.77. The zero-order valence-electron chi connectivity index (χ0n) is 14.4. The van der Waals surface area contributed by atoms with E-state index in [2.05, 4.69) is 10.6 Å². The first-order valence-electron chi connectivity index (χ1n) is 7.63. The molecule has 0 fully saturated rings. The highest BCUT2D eigenvalue weighted by molar-refractivity contribution is 5.80. The average Bonchev–Trinajstić information content (AvgIpc) is 2.50. The summed E-state index contributed by atoms with van der Waals surface area (Å²) in [7, 11) is 0. The molecule has 1 aromatic carbocycles. The molecule has 0 unspecified atom stereocenters. The van der Waals surface area contributed by atoms with Gasteiger partial charge in [0.25, 0.3) is 5.91 Å². The van der Waals surface area contributed by atoms with Crippen LogP contribution >= 0.6 is 0 Å². The number of para-hydroxylation sites is 1. The van der Waals surface area contributed by atoms with Gasteiger partial charge in [-0.15, -0.1) is 0 Å². The van der Waals surface area contributed by atoms with Crippen molar-refractivity contribution in [3.8, 4) is 11.8 Å². The Labute approximate surface area is 141 Å². The second-order valence-electron chi connectivity index (χ2n) is 6.09. The van der Waals surface area contributed by atoms with Crippen LogP contribution in [0.15, 0.2) is 24.3 Å². The van der Waals surface area contributed by atoms with Crippen molar-refractivity contribution >= 4 is 12.0 Å². The predicted octanol–water partition coefficient (Wildman–Crippen LogP) is 1.97. The molecule has 0 saturated heterocycles. The summed E-state index contributed by atoms with van der Waals surface area (Å²) in [6.07, 6.45) is -1.30. The molecule has 0 aliphatic heterocycles. The predicted molar refractivity (Wildman–Crippen MR) is 88.5 cm³/mol. The smallest absolute Gasteiger partial charge is 0.407 e. The number of amides is 2. The average molecular weight is 333 g/mol. The van der Waals surface area contributed by atoms with Gasteiger partial charge in [0.05, 0.1) is 5.56 Å². The maximum Gasteiger partial charge on any atom is 0.407 e. The van der Waals surface area contributed by atoms with Gasteiger partial charge < -0.3 is 20.1 Å². The Morgan fingerprint density at radius 1 is 1.21 bits per heavy atom. The molecular formula is C17H23N3O4. The molecule has 1 atom stereocenters. The molecule has 1 rings (SSSR count). The highest BCUT2D eigenvalue weighted by Crippen LogP contribution is 2.18. The molecule has 0 saturated carbocycles. The van der Waals surface area contributed by atoms with Gasteiger partial charge >= 0.3 is 6.09 Å². The van der Waals surface area contributed by atoms with Crippen molar-refractivity contribution in [3.63, 3.8) is 0 Å². The number of carbonyl (C=O) groups is 2. The molecule has 7 heteroatoms. The van der Waals surface area contributed by atoms with E-state index in [4.69, 9.17) is 14.7 Å². The first-order chi connectivity index (χ1) is 11.2. The lowest BCUT2D eigenvalue weighted by Crippen LogP contribution is -2.41. The number of nitriles is 1. The summed E-state index contributed by atoms with van der Waals surface area (Å²) in [4.78, 5) is 23.4. The van der Waals surface area contributed by atoms with Crippen LogP contribution in [0.2, 0.25) is 0 Å². The Balaban J connectivity index is 2.35. The maximum atomic E-state index is 12.0. The largest absolute Gasteiger partial charge is 0.480 e. The minimum atomic E-state index is -0.763. The van der Waals surface area contributed by atoms with Gasteiger partial charge in [0, 0.05) is 13.1 Å². The van der Waals surface area contributed by atoms with Gasteiger partial charge in [0.15, 0.2) is 6.10 Å². The van der Waals surface area contributed by atoms with E-state index in [1.54, 1.807) is 52.0 Å². The molecule has 0 heterocycles. The molecule has 0 spiro atoms. The van der Waals surface area contributed by atoms with Gasteiger partial charge in [-0.2, -0.15) is 5.26 Å². The van der Waals surface area contributed by atoms with Crippen molar-refractivity contribution < 1.29 is 19.1 Å². The van der Waals surface area contributed by atoms with Crippen LogP contribution in [0.1, 0.15) is 33.3 Å². The number of hydrogen-bond acceptors (Lipinski definition) is 5. The minimum Gasteiger partial charge on any atom is -0.480 e. The second-order valence-corrected chi connectivity index (χ2v) is 6.09. The van der Waals surface area contributed by atoms with Crippen LogP contribution in [0.5, 0.6) is 5.75 Å². The number of hydrogen-bond donors (Lipinski definition) is 2. The molecule has 1 aromatic rings. The Kier molecular flexibility index (Phi) is 7.05. The van der Waals surface area contributed by atoms with Gasteiger partial charge in [-0.3, -0.25) is 4.79 Å². The van der Waals surface area contributed by atoms with E-state index in [1.165, 1.54) is 0 Å². The lowest BCUT2D eigenvalue weighted by molar-refractivity contribution is -0.127. The van der Waals surface area contributed by atoms with Crippen molar-refractivity contribution in [2.24, 2.45) is 0 Å². The van der Waals surface area contributed by atoms with E-state index in [0.717, 1.165) is 0 Å². The zero-order chi connectivity index (χ0) is 18.2. The molecule has 130 valence electrons. The SMILES string of the molecule is C[C@@H](Oc1ccccc1C#N)C(=O)NCCNC(=O)OC(C)(C)C. The molecule has 0 aromatic heterocycles. The van der Waals surface area contributed by atoms with Gasteiger partial charge in [0.2, 0.25) is 0 Å². The number of carbonyl (C=O) groups excluding carboxylic acids is 2. The van der Waals surface area contributed by atoms with Gasteiger partial charge in [-0.05, 0) is 39.8 Å². The molecule has 0 aliphatic rings. The van der Waals surface area contributed by atoms with Crippen LogP contribution in [0.4, 0.5) is 4.79 Å². The van der Waals surface area contributed by atoms with Crippen LogP contribution in [0, 0.1) is 11.3 Å². The molecule has 24 heavy (non-hydrogen) atoms. The van der Waals surface area contributed by atoms with Crippen LogP contribution in [0.25, 0.3) is 0 Å². The van der Waals surface area contributed by atoms with Crippen molar-refractivity contribution in [1.29, 1.82) is 5.26 Å². The maximum absolute atomic E-state index is 12.0. The fraction of sp³-hybridized carbons (Fsp3) is 0.471. The fourth-order valence-electron chi connectivity index (χ4n) is 1.71. The molecule has 7 nitrogen and oxygen atoms in total. The topological polar surface area (TPSA) is 100 Å². The van der Waals surface area contributed by atoms with Crippen LogP contribution in [0.3, 0.4) is 0 Å². The number of nitrogens with zero attached hydrogens (tertiary/aromatic N) is 1. The third-order valence-electron chi connectivity index (χ3n) is 2.77. The van der Waals surface area contributed by atoms with E-state index >= 15 is 0 Å². The Bertz CT molecular complexity index is 617. The van der Waals surface area contributed by atoms with E-state index in [9.17, 15) is 9.59 Å². The summed E-state index contributed by atoms with van der Waals surface area (Å²) < 4.78 is 10.6. The zero-order valence-corrected chi connectivity index (χ0v) is 14.4. The first kappa shape index (κ1) is 19.3. The molecular weight excluding hydrogens is 310 g/mol. The number of benzene rings is 1. The molecule has 2 amide bonds. The molecule has 2 N–H and O–H groups in total. The third-order valence-corrected chi connectivity index (χ3v) is 2.77. The van der Waals surface area contributed by atoms with Crippen molar-refractivity contribution in [3.05, 3.63) is 29.8 Å². The number of ether oxygens (including phenoxy) is 2. The van der Waals surface area contributed by atoms with E-state index in [0.29, 0.717) is 11.3 Å². The Hall–Kier alpha value is -2.75. The number of rotatable bonds is 6. The summed E-state index contributed by atoms with van der Waals surface area (Å²) in [6.45, 7) is 7.38. The van der Waals surface area contributed by atoms with Crippen molar-refractivity contribution in [2.45, 2.75) is 39.4 Å². The summed E-state index contributed by atoms with van der Waals surface area (Å²) >= 11 is 0. The highest BCUT2D eigenvalue weighted by Gasteiger charge is 2.17. The lowest BCUT2D eigenvalue weighted by Gasteiger charge is -2.20. The van der Waals surface area contributed by atoms with Gasteiger partial charge in [-0.25, -0.2) is 4.79 Å². The summed E-state index contributed by atoms with van der Waals surface area (Å²) in [6, 6.07) is 8.70. The summed E-state index contributed by atoms with van der Waals surface area (Å²) in [5.41, 5.74) is -0.201. The first-order valence-corrected chi connectivity index (χ1v) is 7.63. The van der Waals surface area contributed by atoms with E-state index in [-0.39, 0.29) is 19.0 Å². The van der Waals surface area contributed by atoms with Crippen LogP contribution in [-0.2, 0) is 9.53 Å². The van der Waals surface area contributed by atoms with E-state index < -0.39 is 17.8 Å². The van der Waals surface area contributed by atoms with Crippen LogP contribution < -0.4 is 15.4 Å². The summed E-state index contributed by atoms with van der Waals surface area (Å²) in [5.74, 6) is 0.0169. The summed E-state index contributed by atoms with van der Waals surface area (Å²) in [5, 5.41) is 14.2. The van der Waals surface area contributed by atoms with Crippen LogP contribution in [-0.4, -0.2) is 36.8 Å². The molecule has 0 aliphatic carbocycles. The molecule has 0 radical (unpaired) electrons. The Morgan fingerprint density at radius 3 is 2.46 bits per heavy atom. The van der Waals surface area contributed by atoms with E-state index in [1.807, 2.05) is 6.07 Å². The van der Waals surface area contributed by atoms with Gasteiger partial charge in [-0.1, -0.05) is 12.1 Å². The lowest BCUT2D eigenvalue weighted by atomic mass is 10.2. The normalized spacial score (nSPS) is 11.8.